The van der Waals surface area contributed by atoms with Crippen molar-refractivity contribution in [3.8, 4) is 0 Å². The number of hydrogen-bond acceptors (Lipinski definition) is 4. The maximum Gasteiger partial charge on any atom is 0.410 e. The van der Waals surface area contributed by atoms with Crippen molar-refractivity contribution in [2.75, 3.05) is 13.1 Å². The van der Waals surface area contributed by atoms with Crippen molar-refractivity contribution >= 4 is 28.9 Å². The van der Waals surface area contributed by atoms with E-state index in [1.807, 2.05) is 32.9 Å². The van der Waals surface area contributed by atoms with Crippen molar-refractivity contribution in [2.24, 2.45) is 5.92 Å². The summed E-state index contributed by atoms with van der Waals surface area (Å²) in [6.07, 6.45) is 2.46. The summed E-state index contributed by atoms with van der Waals surface area (Å²) in [6.45, 7) is 7.81. The zero-order valence-corrected chi connectivity index (χ0v) is 15.1. The molecule has 130 valence electrons. The molecule has 3 heterocycles. The number of pyridine rings is 1. The number of carbonyl (C=O) groups excluding carboxylic acids is 1. The van der Waals surface area contributed by atoms with Crippen LogP contribution in [0.5, 0.6) is 0 Å². The molecule has 0 aliphatic carbocycles. The third-order valence-electron chi connectivity index (χ3n) is 4.08. The largest absolute Gasteiger partial charge is 0.444 e. The fourth-order valence-corrected chi connectivity index (χ4v) is 3.24. The van der Waals surface area contributed by atoms with E-state index in [0.29, 0.717) is 18.3 Å². The van der Waals surface area contributed by atoms with Gasteiger partial charge in [0.25, 0.3) is 0 Å². The Labute approximate surface area is 146 Å². The van der Waals surface area contributed by atoms with Crippen molar-refractivity contribution in [3.05, 3.63) is 24.2 Å². The fraction of sp³-hybridized carbons (Fsp3) is 0.588. The van der Waals surface area contributed by atoms with Crippen LogP contribution < -0.4 is 0 Å². The van der Waals surface area contributed by atoms with E-state index < -0.39 is 5.60 Å². The third kappa shape index (κ3) is 3.64. The highest BCUT2D eigenvalue weighted by molar-refractivity contribution is 6.16. The molecule has 1 saturated heterocycles. The summed E-state index contributed by atoms with van der Waals surface area (Å²) in [5.74, 6) is 1.51. The smallest absolute Gasteiger partial charge is 0.410 e. The van der Waals surface area contributed by atoms with Crippen molar-refractivity contribution in [2.45, 2.75) is 45.2 Å². The van der Waals surface area contributed by atoms with Crippen LogP contribution in [0.2, 0.25) is 0 Å². The number of alkyl halides is 1. The molecule has 0 spiro atoms. The fourth-order valence-electron chi connectivity index (χ4n) is 3.03. The molecule has 24 heavy (non-hydrogen) atoms. The molecule has 1 amide bonds. The molecular formula is C17H23ClN4O2. The molecule has 1 aliphatic rings. The predicted octanol–water partition coefficient (Wildman–Crippen LogP) is 3.43. The highest BCUT2D eigenvalue weighted by Gasteiger charge is 2.30. The molecule has 0 N–H and O–H groups in total. The Bertz CT molecular complexity index is 738. The zero-order valence-electron chi connectivity index (χ0n) is 14.3. The second-order valence-electron chi connectivity index (χ2n) is 7.20. The molecule has 0 saturated carbocycles. The first-order chi connectivity index (χ1) is 11.4. The Kier molecular flexibility index (Phi) is 4.67. The minimum Gasteiger partial charge on any atom is -0.444 e. The van der Waals surface area contributed by atoms with Gasteiger partial charge in [-0.1, -0.05) is 0 Å². The predicted molar refractivity (Wildman–Crippen MR) is 93.0 cm³/mol. The summed E-state index contributed by atoms with van der Waals surface area (Å²) in [4.78, 5) is 22.9. The van der Waals surface area contributed by atoms with Gasteiger partial charge in [-0.3, -0.25) is 0 Å². The molecule has 0 aromatic carbocycles. The van der Waals surface area contributed by atoms with Gasteiger partial charge in [0.2, 0.25) is 0 Å². The topological polar surface area (TPSA) is 60.2 Å². The second kappa shape index (κ2) is 6.59. The number of fused-ring (bicyclic) bond motifs is 1. The van der Waals surface area contributed by atoms with Crippen molar-refractivity contribution in [3.63, 3.8) is 0 Å². The van der Waals surface area contributed by atoms with E-state index in [2.05, 4.69) is 14.5 Å². The van der Waals surface area contributed by atoms with E-state index in [1.165, 1.54) is 0 Å². The van der Waals surface area contributed by atoms with Crippen LogP contribution in [0.1, 0.15) is 33.0 Å². The minimum absolute atomic E-state index is 0.240. The van der Waals surface area contributed by atoms with Gasteiger partial charge in [0, 0.05) is 25.8 Å². The summed E-state index contributed by atoms with van der Waals surface area (Å²) >= 11 is 6.05. The summed E-state index contributed by atoms with van der Waals surface area (Å²) in [5.41, 5.74) is 1.24. The molecule has 2 aromatic heterocycles. The lowest BCUT2D eigenvalue weighted by molar-refractivity contribution is 0.0287. The van der Waals surface area contributed by atoms with Crippen molar-refractivity contribution in [1.29, 1.82) is 0 Å². The Hall–Kier alpha value is -1.82. The quantitative estimate of drug-likeness (QED) is 0.796. The van der Waals surface area contributed by atoms with Crippen molar-refractivity contribution < 1.29 is 9.53 Å². The van der Waals surface area contributed by atoms with E-state index in [-0.39, 0.29) is 6.09 Å². The minimum atomic E-state index is -0.467. The zero-order chi connectivity index (χ0) is 17.3. The summed E-state index contributed by atoms with van der Waals surface area (Å²) in [7, 11) is 0. The van der Waals surface area contributed by atoms with Gasteiger partial charge in [0.05, 0.1) is 5.88 Å². The molecule has 0 bridgehead atoms. The molecule has 6 nitrogen and oxygen atoms in total. The SMILES string of the molecule is CC(C)(C)OC(=O)N1CC[C@H](Cn2c(CCl)nc3cccnc32)C1. The Morgan fingerprint density at radius 3 is 2.96 bits per heavy atom. The molecule has 1 atom stereocenters. The Balaban J connectivity index is 1.71. The van der Waals surface area contributed by atoms with Gasteiger partial charge in [-0.05, 0) is 45.2 Å². The molecule has 1 fully saturated rings. The Morgan fingerprint density at radius 2 is 2.25 bits per heavy atom. The molecule has 1 aliphatic heterocycles. The molecule has 0 radical (unpaired) electrons. The molecule has 7 heteroatoms. The van der Waals surface area contributed by atoms with Crippen molar-refractivity contribution in [1.82, 2.24) is 19.4 Å². The monoisotopic (exact) mass is 350 g/mol. The van der Waals surface area contributed by atoms with Crippen LogP contribution in [0.3, 0.4) is 0 Å². The highest BCUT2D eigenvalue weighted by atomic mass is 35.5. The average Bonchev–Trinajstić information content (AvgIpc) is 3.11. The highest BCUT2D eigenvalue weighted by Crippen LogP contribution is 2.24. The maximum atomic E-state index is 12.2. The molecule has 2 aromatic rings. The van der Waals surface area contributed by atoms with Gasteiger partial charge < -0.3 is 14.2 Å². The Morgan fingerprint density at radius 1 is 1.46 bits per heavy atom. The van der Waals surface area contributed by atoms with E-state index in [9.17, 15) is 4.79 Å². The molecule has 3 rings (SSSR count). The summed E-state index contributed by atoms with van der Waals surface area (Å²) in [5, 5.41) is 0. The van der Waals surface area contributed by atoms with Crippen LogP contribution in [0.4, 0.5) is 4.79 Å². The van der Waals surface area contributed by atoms with Gasteiger partial charge in [-0.15, -0.1) is 11.6 Å². The summed E-state index contributed by atoms with van der Waals surface area (Å²) < 4.78 is 7.53. The van der Waals surface area contributed by atoms with Gasteiger partial charge in [-0.25, -0.2) is 14.8 Å². The van der Waals surface area contributed by atoms with E-state index in [4.69, 9.17) is 16.3 Å². The molecule has 0 unspecified atom stereocenters. The van der Waals surface area contributed by atoms with Gasteiger partial charge in [0.1, 0.15) is 16.9 Å². The van der Waals surface area contributed by atoms with Crippen LogP contribution >= 0.6 is 11.6 Å². The van der Waals surface area contributed by atoms with Crippen LogP contribution in [-0.4, -0.2) is 44.2 Å². The summed E-state index contributed by atoms with van der Waals surface area (Å²) in [6, 6.07) is 3.81. The first-order valence-electron chi connectivity index (χ1n) is 8.21. The third-order valence-corrected chi connectivity index (χ3v) is 4.32. The van der Waals surface area contributed by atoms with E-state index in [0.717, 1.165) is 36.5 Å². The van der Waals surface area contributed by atoms with Crippen LogP contribution in [-0.2, 0) is 17.2 Å². The van der Waals surface area contributed by atoms with Gasteiger partial charge in [-0.2, -0.15) is 0 Å². The van der Waals surface area contributed by atoms with Crippen LogP contribution in [0.25, 0.3) is 11.2 Å². The average molecular weight is 351 g/mol. The van der Waals surface area contributed by atoms with Crippen LogP contribution in [0.15, 0.2) is 18.3 Å². The number of hydrogen-bond donors (Lipinski definition) is 0. The second-order valence-corrected chi connectivity index (χ2v) is 7.47. The van der Waals surface area contributed by atoms with E-state index >= 15 is 0 Å². The first kappa shape index (κ1) is 17.0. The normalized spacial score (nSPS) is 18.3. The maximum absolute atomic E-state index is 12.2. The molecular weight excluding hydrogens is 328 g/mol. The lowest BCUT2D eigenvalue weighted by atomic mass is 10.1. The number of aromatic nitrogens is 3. The number of ether oxygens (including phenoxy) is 1. The lowest BCUT2D eigenvalue weighted by Gasteiger charge is -2.24. The standard InChI is InChI=1S/C17H23ClN4O2/c1-17(2,3)24-16(23)21-8-6-12(10-21)11-22-14(9-18)20-13-5-4-7-19-15(13)22/h4-5,7,12H,6,8-11H2,1-3H3/t12-/m0/s1. The number of amides is 1. The number of halogens is 1. The van der Waals surface area contributed by atoms with Gasteiger partial charge >= 0.3 is 6.09 Å². The lowest BCUT2D eigenvalue weighted by Crippen LogP contribution is -2.35. The van der Waals surface area contributed by atoms with Crippen LogP contribution in [0, 0.1) is 5.92 Å². The number of likely N-dealkylation sites (tertiary alicyclic amines) is 1. The van der Waals surface area contributed by atoms with E-state index in [1.54, 1.807) is 11.1 Å². The number of rotatable bonds is 3. The van der Waals surface area contributed by atoms with Gasteiger partial charge in [0.15, 0.2) is 5.65 Å². The number of imidazole rings is 1. The first-order valence-corrected chi connectivity index (χ1v) is 8.75. The number of carbonyl (C=O) groups is 1. The number of nitrogens with zero attached hydrogens (tertiary/aromatic N) is 4.